The molecule has 1 rings (SSSR count). The Morgan fingerprint density at radius 1 is 1.33 bits per heavy atom. The molecule has 0 aromatic carbocycles. The molecule has 5 heteroatoms. The molecule has 0 amide bonds. The van der Waals surface area contributed by atoms with Crippen molar-refractivity contribution in [2.45, 2.75) is 20.3 Å². The summed E-state index contributed by atoms with van der Waals surface area (Å²) < 4.78 is 15.9. The van der Waals surface area contributed by atoms with Crippen LogP contribution >= 0.6 is 0 Å². The third-order valence-electron chi connectivity index (χ3n) is 3.06. The lowest BCUT2D eigenvalue weighted by atomic mass is 10.0. The predicted molar refractivity (Wildman–Crippen MR) is 82.7 cm³/mol. The summed E-state index contributed by atoms with van der Waals surface area (Å²) in [6, 6.07) is 1.87. The Labute approximate surface area is 126 Å². The molecule has 1 aromatic rings. The van der Waals surface area contributed by atoms with E-state index in [1.54, 1.807) is 20.4 Å². The minimum absolute atomic E-state index is 0.0354. The van der Waals surface area contributed by atoms with E-state index in [-0.39, 0.29) is 12.5 Å². The Morgan fingerprint density at radius 3 is 2.67 bits per heavy atom. The van der Waals surface area contributed by atoms with Gasteiger partial charge in [-0.3, -0.25) is 0 Å². The van der Waals surface area contributed by atoms with Gasteiger partial charge in [-0.2, -0.15) is 0 Å². The van der Waals surface area contributed by atoms with Crippen molar-refractivity contribution in [2.24, 2.45) is 5.92 Å². The van der Waals surface area contributed by atoms with E-state index in [2.05, 4.69) is 4.98 Å². The number of ether oxygens (including phenoxy) is 3. The van der Waals surface area contributed by atoms with Crippen LogP contribution in [0.1, 0.15) is 25.8 Å². The lowest BCUT2D eigenvalue weighted by molar-refractivity contribution is 0.170. The van der Waals surface area contributed by atoms with Gasteiger partial charge in [0.2, 0.25) is 0 Å². The molecule has 0 saturated heterocycles. The third kappa shape index (κ3) is 5.73. The van der Waals surface area contributed by atoms with Crippen LogP contribution in [0.3, 0.4) is 0 Å². The predicted octanol–water partition coefficient (Wildman–Crippen LogP) is 2.54. The van der Waals surface area contributed by atoms with Gasteiger partial charge >= 0.3 is 0 Å². The Morgan fingerprint density at radius 2 is 2.10 bits per heavy atom. The maximum atomic E-state index is 9.37. The van der Waals surface area contributed by atoms with E-state index >= 15 is 0 Å². The second-order valence-corrected chi connectivity index (χ2v) is 5.00. The quantitative estimate of drug-likeness (QED) is 0.709. The molecular weight excluding hydrogens is 270 g/mol. The monoisotopic (exact) mass is 295 g/mol. The fraction of sp³-hybridized carbons (Fsp3) is 0.562. The highest BCUT2D eigenvalue weighted by Crippen LogP contribution is 2.26. The summed E-state index contributed by atoms with van der Waals surface area (Å²) in [7, 11) is 3.23. The van der Waals surface area contributed by atoms with Gasteiger partial charge in [0.1, 0.15) is 0 Å². The Bertz CT molecular complexity index is 458. The van der Waals surface area contributed by atoms with E-state index in [4.69, 9.17) is 14.2 Å². The van der Waals surface area contributed by atoms with Crippen molar-refractivity contribution >= 4 is 6.08 Å². The number of aliphatic hydroxyl groups excluding tert-OH is 1. The standard InChI is InChI=1S/C16H25NO4/c1-12(2)14(11-18)8-13-9-15(16(20-4)17-10-13)21-7-5-6-19-3/h8-10,12,18H,5-7,11H2,1-4H3. The molecular formula is C16H25NO4. The molecule has 1 aromatic heterocycles. The molecule has 0 radical (unpaired) electrons. The molecule has 0 aliphatic heterocycles. The van der Waals surface area contributed by atoms with Gasteiger partial charge in [-0.25, -0.2) is 4.98 Å². The summed E-state index contributed by atoms with van der Waals surface area (Å²) in [6.07, 6.45) is 4.44. The number of hydrogen-bond acceptors (Lipinski definition) is 5. The summed E-state index contributed by atoms with van der Waals surface area (Å²) in [5.41, 5.74) is 1.84. The topological polar surface area (TPSA) is 60.8 Å². The Hall–Kier alpha value is -1.59. The summed E-state index contributed by atoms with van der Waals surface area (Å²) in [5.74, 6) is 1.34. The average Bonchev–Trinajstić information content (AvgIpc) is 2.49. The summed E-state index contributed by atoms with van der Waals surface area (Å²) in [6.45, 7) is 5.31. The summed E-state index contributed by atoms with van der Waals surface area (Å²) in [4.78, 5) is 4.24. The Balaban J connectivity index is 2.88. The van der Waals surface area contributed by atoms with Gasteiger partial charge in [0.05, 0.1) is 20.3 Å². The number of nitrogens with zero attached hydrogens (tertiary/aromatic N) is 1. The molecule has 118 valence electrons. The first-order valence-electron chi connectivity index (χ1n) is 7.09. The van der Waals surface area contributed by atoms with Crippen LogP contribution < -0.4 is 9.47 Å². The van der Waals surface area contributed by atoms with E-state index in [1.165, 1.54) is 0 Å². The van der Waals surface area contributed by atoms with E-state index in [1.807, 2.05) is 26.0 Å². The zero-order valence-corrected chi connectivity index (χ0v) is 13.3. The molecule has 1 heterocycles. The van der Waals surface area contributed by atoms with Crippen LogP contribution in [-0.2, 0) is 4.74 Å². The molecule has 5 nitrogen and oxygen atoms in total. The summed E-state index contributed by atoms with van der Waals surface area (Å²) in [5, 5.41) is 9.37. The van der Waals surface area contributed by atoms with E-state index in [0.717, 1.165) is 17.6 Å². The van der Waals surface area contributed by atoms with Gasteiger partial charge in [0, 0.05) is 26.3 Å². The van der Waals surface area contributed by atoms with Crippen LogP contribution in [0.5, 0.6) is 11.6 Å². The van der Waals surface area contributed by atoms with Gasteiger partial charge in [-0.05, 0) is 23.1 Å². The molecule has 0 saturated carbocycles. The maximum Gasteiger partial charge on any atom is 0.256 e. The van der Waals surface area contributed by atoms with Crippen molar-refractivity contribution in [1.29, 1.82) is 0 Å². The Kier molecular flexibility index (Phi) is 7.79. The zero-order chi connectivity index (χ0) is 15.7. The first-order valence-corrected chi connectivity index (χ1v) is 7.09. The molecule has 21 heavy (non-hydrogen) atoms. The number of methoxy groups -OCH3 is 2. The highest BCUT2D eigenvalue weighted by atomic mass is 16.5. The van der Waals surface area contributed by atoms with Crippen LogP contribution in [0.25, 0.3) is 6.08 Å². The highest BCUT2D eigenvalue weighted by molar-refractivity contribution is 5.56. The van der Waals surface area contributed by atoms with Crippen molar-refractivity contribution in [3.8, 4) is 11.6 Å². The molecule has 1 N–H and O–H groups in total. The fourth-order valence-electron chi connectivity index (χ4n) is 1.78. The number of aliphatic hydroxyl groups is 1. The smallest absolute Gasteiger partial charge is 0.256 e. The van der Waals surface area contributed by atoms with Crippen molar-refractivity contribution in [3.63, 3.8) is 0 Å². The van der Waals surface area contributed by atoms with Crippen LogP contribution in [0.15, 0.2) is 17.8 Å². The van der Waals surface area contributed by atoms with Crippen LogP contribution in [0.2, 0.25) is 0 Å². The second-order valence-electron chi connectivity index (χ2n) is 5.00. The minimum atomic E-state index is 0.0354. The van der Waals surface area contributed by atoms with Crippen LogP contribution in [-0.4, -0.2) is 44.1 Å². The minimum Gasteiger partial charge on any atom is -0.488 e. The van der Waals surface area contributed by atoms with E-state index < -0.39 is 0 Å². The first-order chi connectivity index (χ1) is 10.1. The normalized spacial score (nSPS) is 11.8. The van der Waals surface area contributed by atoms with Crippen molar-refractivity contribution in [1.82, 2.24) is 4.98 Å². The van der Waals surface area contributed by atoms with Gasteiger partial charge in [-0.1, -0.05) is 19.9 Å². The SMILES string of the molecule is COCCCOc1cc(C=C(CO)C(C)C)cnc1OC. The largest absolute Gasteiger partial charge is 0.488 e. The van der Waals surface area contributed by atoms with Gasteiger partial charge in [0.25, 0.3) is 5.88 Å². The van der Waals surface area contributed by atoms with Crippen molar-refractivity contribution < 1.29 is 19.3 Å². The van der Waals surface area contributed by atoms with Gasteiger partial charge in [0.15, 0.2) is 5.75 Å². The van der Waals surface area contributed by atoms with Gasteiger partial charge in [-0.15, -0.1) is 0 Å². The maximum absolute atomic E-state index is 9.37. The zero-order valence-electron chi connectivity index (χ0n) is 13.3. The lowest BCUT2D eigenvalue weighted by Gasteiger charge is -2.12. The molecule has 0 aliphatic rings. The van der Waals surface area contributed by atoms with E-state index in [9.17, 15) is 5.11 Å². The molecule has 0 spiro atoms. The van der Waals surface area contributed by atoms with E-state index in [0.29, 0.717) is 24.8 Å². The fourth-order valence-corrected chi connectivity index (χ4v) is 1.78. The second kappa shape index (κ2) is 9.37. The molecule has 0 atom stereocenters. The van der Waals surface area contributed by atoms with Crippen molar-refractivity contribution in [3.05, 3.63) is 23.4 Å². The van der Waals surface area contributed by atoms with Crippen LogP contribution in [0, 0.1) is 5.92 Å². The lowest BCUT2D eigenvalue weighted by Crippen LogP contribution is -2.04. The molecule has 0 bridgehead atoms. The summed E-state index contributed by atoms with van der Waals surface area (Å²) >= 11 is 0. The molecule has 0 fully saturated rings. The third-order valence-corrected chi connectivity index (χ3v) is 3.06. The molecule has 0 aliphatic carbocycles. The van der Waals surface area contributed by atoms with Gasteiger partial charge < -0.3 is 19.3 Å². The average molecular weight is 295 g/mol. The number of hydrogen-bond donors (Lipinski definition) is 1. The highest BCUT2D eigenvalue weighted by Gasteiger charge is 2.08. The molecule has 0 unspecified atom stereocenters. The van der Waals surface area contributed by atoms with Crippen molar-refractivity contribution in [2.75, 3.05) is 34.0 Å². The first kappa shape index (κ1) is 17.5. The number of rotatable bonds is 9. The number of aromatic nitrogens is 1. The van der Waals surface area contributed by atoms with Crippen LogP contribution in [0.4, 0.5) is 0 Å². The number of pyridine rings is 1.